The number of furan rings is 1. The Bertz CT molecular complexity index is 842. The number of likely N-dealkylation sites (tertiary alicyclic amines) is 1. The number of aryl methyl sites for hydroxylation is 1. The fraction of sp³-hybridized carbons (Fsp3) is 0.577. The van der Waals surface area contributed by atoms with Crippen LogP contribution in [0.1, 0.15) is 46.5 Å². The van der Waals surface area contributed by atoms with Crippen molar-refractivity contribution >= 4 is 5.91 Å². The molecule has 1 fully saturated rings. The van der Waals surface area contributed by atoms with Gasteiger partial charge in [0.2, 0.25) is 0 Å². The normalized spacial score (nSPS) is 17.9. The summed E-state index contributed by atoms with van der Waals surface area (Å²) >= 11 is 0. The molecule has 0 N–H and O–H groups in total. The van der Waals surface area contributed by atoms with Gasteiger partial charge in [-0.15, -0.1) is 0 Å². The number of nitrogens with zero attached hydrogens (tertiary/aromatic N) is 3. The Hall–Kier alpha value is -2.11. The number of hydrogen-bond donors (Lipinski definition) is 0. The summed E-state index contributed by atoms with van der Waals surface area (Å²) in [6, 6.07) is 11.4. The topological polar surface area (TPSA) is 39.9 Å². The minimum atomic E-state index is 0.124. The van der Waals surface area contributed by atoms with Crippen molar-refractivity contribution in [1.82, 2.24) is 14.7 Å². The van der Waals surface area contributed by atoms with Gasteiger partial charge in [0, 0.05) is 19.1 Å². The smallest absolute Gasteiger partial charge is 0.257 e. The van der Waals surface area contributed by atoms with Crippen molar-refractivity contribution in [2.24, 2.45) is 5.92 Å². The molecule has 1 saturated heterocycles. The average Bonchev–Trinajstić information content (AvgIpc) is 3.39. The van der Waals surface area contributed by atoms with Gasteiger partial charge in [-0.25, -0.2) is 0 Å². The Kier molecular flexibility index (Phi) is 7.13. The van der Waals surface area contributed by atoms with E-state index in [2.05, 4.69) is 53.1 Å². The van der Waals surface area contributed by atoms with E-state index in [0.717, 1.165) is 44.9 Å². The molecule has 4 rings (SSSR count). The molecule has 1 aromatic carbocycles. The minimum absolute atomic E-state index is 0.124. The Morgan fingerprint density at radius 2 is 1.74 bits per heavy atom. The van der Waals surface area contributed by atoms with E-state index >= 15 is 0 Å². The monoisotopic (exact) mass is 423 g/mol. The van der Waals surface area contributed by atoms with E-state index in [1.807, 2.05) is 13.0 Å². The second-order valence-corrected chi connectivity index (χ2v) is 9.61. The third-order valence-corrected chi connectivity index (χ3v) is 7.08. The standard InChI is InChI=1S/C26H37N3O2/c1-20-25(11-16-31-20)26(30)29(13-6-12-27(2)3)19-21-9-14-28(15-10-21)24-17-22-7-4-5-8-23(22)18-24/h4-5,7-8,11,16,21,24H,6,9-10,12-15,17-19H2,1-3H3. The molecule has 0 bridgehead atoms. The second-order valence-electron chi connectivity index (χ2n) is 9.61. The van der Waals surface area contributed by atoms with Crippen molar-refractivity contribution in [3.05, 3.63) is 59.0 Å². The lowest BCUT2D eigenvalue weighted by molar-refractivity contribution is 0.0659. The van der Waals surface area contributed by atoms with Crippen molar-refractivity contribution in [3.8, 4) is 0 Å². The van der Waals surface area contributed by atoms with E-state index in [1.54, 1.807) is 6.26 Å². The van der Waals surface area contributed by atoms with Crippen LogP contribution < -0.4 is 0 Å². The molecule has 5 nitrogen and oxygen atoms in total. The van der Waals surface area contributed by atoms with Crippen molar-refractivity contribution < 1.29 is 9.21 Å². The van der Waals surface area contributed by atoms with E-state index in [0.29, 0.717) is 17.5 Å². The molecule has 0 saturated carbocycles. The number of benzene rings is 1. The summed E-state index contributed by atoms with van der Waals surface area (Å²) in [4.78, 5) is 20.2. The Labute approximate surface area is 187 Å². The fourth-order valence-electron chi connectivity index (χ4n) is 5.24. The summed E-state index contributed by atoms with van der Waals surface area (Å²) in [5, 5.41) is 0. The van der Waals surface area contributed by atoms with E-state index in [9.17, 15) is 4.79 Å². The molecular weight excluding hydrogens is 386 g/mol. The highest BCUT2D eigenvalue weighted by molar-refractivity contribution is 5.95. The largest absolute Gasteiger partial charge is 0.469 e. The maximum atomic E-state index is 13.2. The molecule has 0 atom stereocenters. The summed E-state index contributed by atoms with van der Waals surface area (Å²) in [5.41, 5.74) is 3.77. The Balaban J connectivity index is 1.32. The first-order valence-corrected chi connectivity index (χ1v) is 11.8. The summed E-state index contributed by atoms with van der Waals surface area (Å²) < 4.78 is 5.40. The van der Waals surface area contributed by atoms with Crippen molar-refractivity contribution in [2.45, 2.75) is 45.1 Å². The van der Waals surface area contributed by atoms with Crippen LogP contribution in [0.15, 0.2) is 41.0 Å². The van der Waals surface area contributed by atoms with Crippen LogP contribution in [-0.4, -0.2) is 73.5 Å². The highest BCUT2D eigenvalue weighted by Gasteiger charge is 2.31. The number of carbonyl (C=O) groups is 1. The van der Waals surface area contributed by atoms with Crippen LogP contribution in [0.25, 0.3) is 0 Å². The van der Waals surface area contributed by atoms with Crippen LogP contribution in [0, 0.1) is 12.8 Å². The third-order valence-electron chi connectivity index (χ3n) is 7.08. The molecule has 168 valence electrons. The minimum Gasteiger partial charge on any atom is -0.469 e. The first-order valence-electron chi connectivity index (χ1n) is 11.8. The van der Waals surface area contributed by atoms with Gasteiger partial charge in [-0.2, -0.15) is 0 Å². The van der Waals surface area contributed by atoms with Crippen LogP contribution in [0.4, 0.5) is 0 Å². The Morgan fingerprint density at radius 1 is 1.06 bits per heavy atom. The number of rotatable bonds is 8. The maximum Gasteiger partial charge on any atom is 0.257 e. The number of amides is 1. The molecule has 0 radical (unpaired) electrons. The first-order chi connectivity index (χ1) is 15.0. The maximum absolute atomic E-state index is 13.2. The highest BCUT2D eigenvalue weighted by atomic mass is 16.3. The summed E-state index contributed by atoms with van der Waals surface area (Å²) in [6.07, 6.45) is 7.35. The van der Waals surface area contributed by atoms with Gasteiger partial charge in [-0.3, -0.25) is 9.69 Å². The van der Waals surface area contributed by atoms with Gasteiger partial charge >= 0.3 is 0 Å². The van der Waals surface area contributed by atoms with Gasteiger partial charge in [0.25, 0.3) is 5.91 Å². The SMILES string of the molecule is Cc1occc1C(=O)N(CCCN(C)C)CC1CCN(C2Cc3ccccc3C2)CC1. The van der Waals surface area contributed by atoms with Crippen LogP contribution in [-0.2, 0) is 12.8 Å². The van der Waals surface area contributed by atoms with Gasteiger partial charge in [0.15, 0.2) is 0 Å². The Morgan fingerprint density at radius 3 is 2.32 bits per heavy atom. The summed E-state index contributed by atoms with van der Waals surface area (Å²) in [6.45, 7) is 6.83. The van der Waals surface area contributed by atoms with Crippen LogP contribution in [0.3, 0.4) is 0 Å². The number of hydrogen-bond acceptors (Lipinski definition) is 4. The number of carbonyl (C=O) groups excluding carboxylic acids is 1. The molecule has 1 aromatic heterocycles. The molecule has 0 spiro atoms. The van der Waals surface area contributed by atoms with Gasteiger partial charge in [0.05, 0.1) is 11.8 Å². The molecule has 1 aliphatic heterocycles. The molecule has 1 amide bonds. The molecule has 5 heteroatoms. The lowest BCUT2D eigenvalue weighted by Gasteiger charge is -2.38. The zero-order valence-electron chi connectivity index (χ0n) is 19.3. The third kappa shape index (κ3) is 5.39. The van der Waals surface area contributed by atoms with E-state index < -0.39 is 0 Å². The molecule has 2 aliphatic rings. The summed E-state index contributed by atoms with van der Waals surface area (Å²) in [5.74, 6) is 1.42. The lowest BCUT2D eigenvalue weighted by Crippen LogP contribution is -2.45. The molecule has 2 heterocycles. The predicted octanol–water partition coefficient (Wildman–Crippen LogP) is 3.86. The second kappa shape index (κ2) is 10.0. The fourth-order valence-corrected chi connectivity index (χ4v) is 5.24. The van der Waals surface area contributed by atoms with Gasteiger partial charge < -0.3 is 14.2 Å². The van der Waals surface area contributed by atoms with Crippen LogP contribution in [0.5, 0.6) is 0 Å². The number of piperidine rings is 1. The van der Waals surface area contributed by atoms with E-state index in [4.69, 9.17) is 4.42 Å². The first kappa shape index (κ1) is 22.1. The highest BCUT2D eigenvalue weighted by Crippen LogP contribution is 2.29. The molecule has 2 aromatic rings. The zero-order valence-corrected chi connectivity index (χ0v) is 19.3. The number of fused-ring (bicyclic) bond motifs is 1. The van der Waals surface area contributed by atoms with Crippen molar-refractivity contribution in [3.63, 3.8) is 0 Å². The molecule has 1 aliphatic carbocycles. The van der Waals surface area contributed by atoms with Crippen LogP contribution in [0.2, 0.25) is 0 Å². The molecular formula is C26H37N3O2. The van der Waals surface area contributed by atoms with Gasteiger partial charge in [-0.1, -0.05) is 24.3 Å². The van der Waals surface area contributed by atoms with Gasteiger partial charge in [0.1, 0.15) is 5.76 Å². The van der Waals surface area contributed by atoms with E-state index in [-0.39, 0.29) is 5.91 Å². The van der Waals surface area contributed by atoms with E-state index in [1.165, 1.54) is 36.8 Å². The zero-order chi connectivity index (χ0) is 21.8. The molecule has 0 unspecified atom stereocenters. The average molecular weight is 424 g/mol. The van der Waals surface area contributed by atoms with Gasteiger partial charge in [-0.05, 0) is 95.9 Å². The summed E-state index contributed by atoms with van der Waals surface area (Å²) in [7, 11) is 4.17. The predicted molar refractivity (Wildman–Crippen MR) is 124 cm³/mol. The molecule has 31 heavy (non-hydrogen) atoms. The van der Waals surface area contributed by atoms with Crippen LogP contribution >= 0.6 is 0 Å². The van der Waals surface area contributed by atoms with Crippen molar-refractivity contribution in [1.29, 1.82) is 0 Å². The van der Waals surface area contributed by atoms with Crippen molar-refractivity contribution in [2.75, 3.05) is 46.8 Å². The quantitative estimate of drug-likeness (QED) is 0.646. The lowest BCUT2D eigenvalue weighted by atomic mass is 9.94.